The van der Waals surface area contributed by atoms with Gasteiger partial charge in [0.15, 0.2) is 5.69 Å². The van der Waals surface area contributed by atoms with Crippen LogP contribution in [0.5, 0.6) is 5.75 Å². The van der Waals surface area contributed by atoms with E-state index < -0.39 is 5.97 Å². The molecule has 4 rings (SSSR count). The van der Waals surface area contributed by atoms with Crippen molar-refractivity contribution < 1.29 is 19.0 Å². The number of nitrogens with one attached hydrogen (secondary N) is 1. The first-order valence-corrected chi connectivity index (χ1v) is 10.8. The molecule has 166 valence electrons. The average Bonchev–Trinajstić information content (AvgIpc) is 3.16. The molecule has 6 nitrogen and oxygen atoms in total. The van der Waals surface area contributed by atoms with Gasteiger partial charge < -0.3 is 19.2 Å². The zero-order valence-corrected chi connectivity index (χ0v) is 19.0. The van der Waals surface area contributed by atoms with E-state index in [1.54, 1.807) is 13.3 Å². The van der Waals surface area contributed by atoms with E-state index >= 15 is 0 Å². The number of benzene rings is 2. The molecule has 0 radical (unpaired) electrons. The number of esters is 1. The monoisotopic (exact) mass is 452 g/mol. The first-order valence-electron chi connectivity index (χ1n) is 10.4. The van der Waals surface area contributed by atoms with Gasteiger partial charge in [0.05, 0.1) is 30.4 Å². The Kier molecular flexibility index (Phi) is 6.63. The van der Waals surface area contributed by atoms with Gasteiger partial charge in [-0.2, -0.15) is 0 Å². The van der Waals surface area contributed by atoms with Crippen LogP contribution >= 0.6 is 11.6 Å². The second-order valence-corrected chi connectivity index (χ2v) is 8.46. The Morgan fingerprint density at radius 2 is 1.91 bits per heavy atom. The second-order valence-electron chi connectivity index (χ2n) is 8.02. The van der Waals surface area contributed by atoms with E-state index in [9.17, 15) is 4.79 Å². The topological polar surface area (TPSA) is 73.4 Å². The number of pyridine rings is 1. The van der Waals surface area contributed by atoms with Gasteiger partial charge in [0.1, 0.15) is 12.4 Å². The summed E-state index contributed by atoms with van der Waals surface area (Å²) in [5, 5.41) is 2.38. The lowest BCUT2D eigenvalue weighted by atomic mass is 10.0. The van der Waals surface area contributed by atoms with Crippen LogP contribution in [0.15, 0.2) is 48.7 Å². The first kappa shape index (κ1) is 22.1. The third kappa shape index (κ3) is 4.56. The third-order valence-corrected chi connectivity index (χ3v) is 5.27. The Labute approximate surface area is 191 Å². The molecule has 2 heterocycles. The van der Waals surface area contributed by atoms with Gasteiger partial charge in [0.2, 0.25) is 0 Å². The highest BCUT2D eigenvalue weighted by Crippen LogP contribution is 2.36. The fourth-order valence-electron chi connectivity index (χ4n) is 3.65. The predicted molar refractivity (Wildman–Crippen MR) is 125 cm³/mol. The number of nitrogens with zero attached hydrogens (tertiary/aromatic N) is 1. The maximum atomic E-state index is 12.8. The number of halogens is 1. The maximum absolute atomic E-state index is 12.8. The molecule has 0 amide bonds. The lowest BCUT2D eigenvalue weighted by Gasteiger charge is -2.12. The predicted octanol–water partition coefficient (Wildman–Crippen LogP) is 5.91. The molecule has 32 heavy (non-hydrogen) atoms. The second kappa shape index (κ2) is 9.59. The molecule has 0 saturated heterocycles. The van der Waals surface area contributed by atoms with E-state index in [2.05, 4.69) is 9.97 Å². The molecule has 4 aromatic rings. The van der Waals surface area contributed by atoms with Crippen molar-refractivity contribution in [1.82, 2.24) is 9.97 Å². The van der Waals surface area contributed by atoms with Crippen LogP contribution in [-0.4, -0.2) is 29.7 Å². The normalized spacial score (nSPS) is 11.4. The number of aromatic amines is 1. The fourth-order valence-corrected chi connectivity index (χ4v) is 3.86. The molecule has 0 aliphatic rings. The van der Waals surface area contributed by atoms with Crippen molar-refractivity contribution in [1.29, 1.82) is 0 Å². The molecule has 0 atom stereocenters. The Morgan fingerprint density at radius 1 is 1.09 bits per heavy atom. The van der Waals surface area contributed by atoms with E-state index in [0.717, 1.165) is 27.4 Å². The zero-order chi connectivity index (χ0) is 22.7. The number of fused-ring (bicyclic) bond motifs is 3. The van der Waals surface area contributed by atoms with Crippen molar-refractivity contribution in [2.75, 3.05) is 13.7 Å². The molecule has 0 bridgehead atoms. The van der Waals surface area contributed by atoms with Crippen LogP contribution in [-0.2, 0) is 22.7 Å². The van der Waals surface area contributed by atoms with E-state index in [0.29, 0.717) is 29.5 Å². The molecule has 7 heteroatoms. The summed E-state index contributed by atoms with van der Waals surface area (Å²) in [4.78, 5) is 20.5. The van der Waals surface area contributed by atoms with E-state index in [4.69, 9.17) is 25.8 Å². The average molecular weight is 453 g/mol. The standard InChI is InChI=1S/C25H25ClN2O4/c1-15(2)12-32-25(29)24-18(14-30-3)22-20(11-27-24)28-19-8-5-9-21(23(19)22)31-13-16-6-4-7-17(26)10-16/h4-11,15,28H,12-14H2,1-3H3. The maximum Gasteiger partial charge on any atom is 0.357 e. The molecule has 0 spiro atoms. The Hall–Kier alpha value is -3.09. The summed E-state index contributed by atoms with van der Waals surface area (Å²) >= 11 is 6.10. The van der Waals surface area contributed by atoms with Gasteiger partial charge in [-0.15, -0.1) is 0 Å². The molecule has 1 N–H and O–H groups in total. The molecular weight excluding hydrogens is 428 g/mol. The van der Waals surface area contributed by atoms with Gasteiger partial charge in [0, 0.05) is 28.5 Å². The lowest BCUT2D eigenvalue weighted by molar-refractivity contribution is 0.0447. The molecule has 2 aromatic carbocycles. The summed E-state index contributed by atoms with van der Waals surface area (Å²) in [5.74, 6) is 0.464. The van der Waals surface area contributed by atoms with Crippen LogP contribution in [0.4, 0.5) is 0 Å². The summed E-state index contributed by atoms with van der Waals surface area (Å²) < 4.78 is 17.1. The van der Waals surface area contributed by atoms with E-state index in [-0.39, 0.29) is 18.2 Å². The molecule has 2 aromatic heterocycles. The summed E-state index contributed by atoms with van der Waals surface area (Å²) in [7, 11) is 1.59. The number of methoxy groups -OCH3 is 1. The summed E-state index contributed by atoms with van der Waals surface area (Å²) in [6.07, 6.45) is 1.65. The SMILES string of the molecule is COCc1c(C(=O)OCC(C)C)ncc2[nH]c3cccc(OCc4cccc(Cl)c4)c3c12. The van der Waals surface area contributed by atoms with Crippen LogP contribution in [0.2, 0.25) is 5.02 Å². The molecule has 0 aliphatic carbocycles. The summed E-state index contributed by atoms with van der Waals surface area (Å²) in [6.45, 7) is 4.88. The highest BCUT2D eigenvalue weighted by molar-refractivity contribution is 6.30. The van der Waals surface area contributed by atoms with Crippen molar-refractivity contribution in [2.24, 2.45) is 5.92 Å². The van der Waals surface area contributed by atoms with Crippen LogP contribution in [0.1, 0.15) is 35.5 Å². The molecule has 0 saturated carbocycles. The van der Waals surface area contributed by atoms with Crippen molar-refractivity contribution in [3.05, 3.63) is 70.5 Å². The lowest BCUT2D eigenvalue weighted by Crippen LogP contribution is -2.14. The molecule has 0 fully saturated rings. The van der Waals surface area contributed by atoms with Crippen molar-refractivity contribution in [2.45, 2.75) is 27.1 Å². The van der Waals surface area contributed by atoms with Crippen molar-refractivity contribution in [3.8, 4) is 5.75 Å². The number of hydrogen-bond acceptors (Lipinski definition) is 5. The van der Waals surface area contributed by atoms with Crippen LogP contribution in [0.3, 0.4) is 0 Å². The van der Waals surface area contributed by atoms with Gasteiger partial charge in [-0.25, -0.2) is 9.78 Å². The minimum absolute atomic E-state index is 0.214. The Morgan fingerprint density at radius 3 is 2.66 bits per heavy atom. The van der Waals surface area contributed by atoms with Crippen LogP contribution in [0, 0.1) is 5.92 Å². The van der Waals surface area contributed by atoms with Crippen molar-refractivity contribution >= 4 is 39.4 Å². The Balaban J connectivity index is 1.80. The fraction of sp³-hybridized carbons (Fsp3) is 0.280. The highest BCUT2D eigenvalue weighted by Gasteiger charge is 2.22. The summed E-state index contributed by atoms with van der Waals surface area (Å²) in [6, 6.07) is 13.4. The summed E-state index contributed by atoms with van der Waals surface area (Å²) in [5.41, 5.74) is 3.57. The Bertz CT molecular complexity index is 1270. The minimum atomic E-state index is -0.459. The third-order valence-electron chi connectivity index (χ3n) is 5.04. The highest BCUT2D eigenvalue weighted by atomic mass is 35.5. The number of hydrogen-bond donors (Lipinski definition) is 1. The van der Waals surface area contributed by atoms with Gasteiger partial charge >= 0.3 is 5.97 Å². The quantitative estimate of drug-likeness (QED) is 0.336. The number of rotatable bonds is 8. The van der Waals surface area contributed by atoms with Gasteiger partial charge in [-0.3, -0.25) is 0 Å². The molecule has 0 unspecified atom stereocenters. The van der Waals surface area contributed by atoms with E-state index in [1.165, 1.54) is 0 Å². The number of ether oxygens (including phenoxy) is 3. The largest absolute Gasteiger partial charge is 0.488 e. The smallest absolute Gasteiger partial charge is 0.357 e. The molecule has 0 aliphatic heterocycles. The van der Waals surface area contributed by atoms with Gasteiger partial charge in [-0.05, 0) is 35.7 Å². The van der Waals surface area contributed by atoms with Gasteiger partial charge in [-0.1, -0.05) is 43.6 Å². The molecular formula is C25H25ClN2O4. The van der Waals surface area contributed by atoms with Gasteiger partial charge in [0.25, 0.3) is 0 Å². The van der Waals surface area contributed by atoms with Crippen LogP contribution < -0.4 is 4.74 Å². The minimum Gasteiger partial charge on any atom is -0.488 e. The zero-order valence-electron chi connectivity index (χ0n) is 18.3. The number of H-pyrrole nitrogens is 1. The van der Waals surface area contributed by atoms with Crippen LogP contribution in [0.25, 0.3) is 21.8 Å². The van der Waals surface area contributed by atoms with E-state index in [1.807, 2.05) is 56.3 Å². The van der Waals surface area contributed by atoms with Crippen molar-refractivity contribution in [3.63, 3.8) is 0 Å². The number of aromatic nitrogens is 2. The first-order chi connectivity index (χ1) is 15.5. The number of carbonyl (C=O) groups excluding carboxylic acids is 1. The number of carbonyl (C=O) groups is 1.